The number of hydrogen-bond donors (Lipinski definition) is 0. The summed E-state index contributed by atoms with van der Waals surface area (Å²) in [6.07, 6.45) is 6.23. The summed E-state index contributed by atoms with van der Waals surface area (Å²) in [5.41, 5.74) is 0.631. The van der Waals surface area contributed by atoms with Crippen LogP contribution < -0.4 is 0 Å². The number of Topliss-reactive ketones (excluding diaryl/α,β-unsaturated/α-hetero) is 1. The predicted molar refractivity (Wildman–Crippen MR) is 95.2 cm³/mol. The summed E-state index contributed by atoms with van der Waals surface area (Å²) < 4.78 is 16.7. The monoisotopic (exact) mass is 366 g/mol. The Morgan fingerprint density at radius 2 is 1.88 bits per heavy atom. The van der Waals surface area contributed by atoms with Gasteiger partial charge in [-0.1, -0.05) is 26.2 Å². The number of carbonyl (C=O) groups excluding carboxylic acids is 3. The molecule has 3 atom stereocenters. The van der Waals surface area contributed by atoms with E-state index in [0.29, 0.717) is 37.0 Å². The Labute approximate surface area is 155 Å². The summed E-state index contributed by atoms with van der Waals surface area (Å²) in [5, 5.41) is 0. The molecule has 6 heteroatoms. The third-order valence-electron chi connectivity index (χ3n) is 4.91. The van der Waals surface area contributed by atoms with E-state index in [1.165, 1.54) is 20.3 Å². The molecule has 0 radical (unpaired) electrons. The highest BCUT2D eigenvalue weighted by molar-refractivity contribution is 6.01. The van der Waals surface area contributed by atoms with Crippen molar-refractivity contribution in [2.24, 2.45) is 0 Å². The molecule has 0 saturated carbocycles. The average molecular weight is 366 g/mol. The Hall–Kier alpha value is -1.85. The topological polar surface area (TPSA) is 78.9 Å². The maximum absolute atomic E-state index is 12.5. The van der Waals surface area contributed by atoms with Crippen molar-refractivity contribution in [1.82, 2.24) is 0 Å². The van der Waals surface area contributed by atoms with Crippen molar-refractivity contribution >= 4 is 17.7 Å². The highest BCUT2D eigenvalue weighted by Crippen LogP contribution is 2.36. The molecule has 1 heterocycles. The fraction of sp³-hybridized carbons (Fsp3) is 0.750. The van der Waals surface area contributed by atoms with Crippen LogP contribution in [0.15, 0.2) is 11.3 Å². The van der Waals surface area contributed by atoms with Gasteiger partial charge in [-0.25, -0.2) is 0 Å². The fourth-order valence-corrected chi connectivity index (χ4v) is 3.68. The molecule has 1 unspecified atom stereocenters. The van der Waals surface area contributed by atoms with Gasteiger partial charge in [-0.2, -0.15) is 0 Å². The van der Waals surface area contributed by atoms with Crippen LogP contribution in [0.2, 0.25) is 0 Å². The lowest BCUT2D eigenvalue weighted by molar-refractivity contribution is -0.157. The first kappa shape index (κ1) is 20.5. The predicted octanol–water partition coefficient (Wildman–Crippen LogP) is 3.62. The first-order valence-corrected chi connectivity index (χ1v) is 9.69. The first-order valence-electron chi connectivity index (χ1n) is 9.69. The molecule has 2 aliphatic rings. The van der Waals surface area contributed by atoms with Gasteiger partial charge in [-0.05, 0) is 32.1 Å². The van der Waals surface area contributed by atoms with E-state index >= 15 is 0 Å². The average Bonchev–Trinajstić information content (AvgIpc) is 2.59. The van der Waals surface area contributed by atoms with Gasteiger partial charge >= 0.3 is 11.9 Å². The van der Waals surface area contributed by atoms with Crippen molar-refractivity contribution < 1.29 is 28.6 Å². The Balaban J connectivity index is 2.00. The number of rotatable bonds is 8. The Morgan fingerprint density at radius 1 is 1.12 bits per heavy atom. The number of allylic oxidation sites excluding steroid dienone is 1. The molecule has 0 N–H and O–H groups in total. The van der Waals surface area contributed by atoms with Crippen LogP contribution in [0.1, 0.15) is 78.6 Å². The van der Waals surface area contributed by atoms with Gasteiger partial charge in [0.1, 0.15) is 18.0 Å². The second kappa shape index (κ2) is 9.74. The standard InChI is InChI=1S/C20H30O6/c1-4-5-6-7-8-17(24-13(2)21)18-10-9-15-16(26-18)11-12-19(20(15)23)25-14(3)22/h17-19H,4-12H2,1-3H3/t17-,18-,19?/m0/s1. The minimum atomic E-state index is -0.690. The zero-order chi connectivity index (χ0) is 19.1. The first-order chi connectivity index (χ1) is 12.4. The molecular formula is C20H30O6. The van der Waals surface area contributed by atoms with E-state index in [1.807, 2.05) is 0 Å². The zero-order valence-corrected chi connectivity index (χ0v) is 16.0. The quantitative estimate of drug-likeness (QED) is 0.482. The molecule has 0 spiro atoms. The van der Waals surface area contributed by atoms with Gasteiger partial charge in [0.25, 0.3) is 0 Å². The third kappa shape index (κ3) is 5.58. The highest BCUT2D eigenvalue weighted by atomic mass is 16.6. The van der Waals surface area contributed by atoms with Gasteiger partial charge in [0.05, 0.1) is 0 Å². The van der Waals surface area contributed by atoms with Crippen molar-refractivity contribution in [1.29, 1.82) is 0 Å². The van der Waals surface area contributed by atoms with Gasteiger partial charge in [0.15, 0.2) is 6.10 Å². The van der Waals surface area contributed by atoms with Crippen molar-refractivity contribution in [3.05, 3.63) is 11.3 Å². The van der Waals surface area contributed by atoms with E-state index in [0.717, 1.165) is 25.7 Å². The highest BCUT2D eigenvalue weighted by Gasteiger charge is 2.38. The molecule has 6 nitrogen and oxygen atoms in total. The van der Waals surface area contributed by atoms with Crippen molar-refractivity contribution in [3.63, 3.8) is 0 Å². The summed E-state index contributed by atoms with van der Waals surface area (Å²) in [4.78, 5) is 35.1. The number of hydrogen-bond acceptors (Lipinski definition) is 6. The van der Waals surface area contributed by atoms with Gasteiger partial charge in [-0.3, -0.25) is 14.4 Å². The second-order valence-corrected chi connectivity index (χ2v) is 7.09. The molecule has 0 aromatic carbocycles. The second-order valence-electron chi connectivity index (χ2n) is 7.09. The van der Waals surface area contributed by atoms with Crippen molar-refractivity contribution in [3.8, 4) is 0 Å². The summed E-state index contributed by atoms with van der Waals surface area (Å²) in [5.74, 6) is -0.209. The molecular weight excluding hydrogens is 336 g/mol. The summed E-state index contributed by atoms with van der Waals surface area (Å²) >= 11 is 0. The Morgan fingerprint density at radius 3 is 2.54 bits per heavy atom. The normalized spacial score (nSPS) is 23.7. The molecule has 0 saturated heterocycles. The van der Waals surface area contributed by atoms with Crippen LogP contribution in [-0.2, 0) is 28.6 Å². The number of ether oxygens (including phenoxy) is 3. The van der Waals surface area contributed by atoms with E-state index in [2.05, 4.69) is 6.92 Å². The van der Waals surface area contributed by atoms with E-state index in [1.54, 1.807) is 0 Å². The maximum atomic E-state index is 12.5. The Bertz CT molecular complexity index is 565. The lowest BCUT2D eigenvalue weighted by Gasteiger charge is -2.36. The van der Waals surface area contributed by atoms with E-state index in [-0.39, 0.29) is 24.0 Å². The molecule has 0 aromatic rings. The van der Waals surface area contributed by atoms with Gasteiger partial charge < -0.3 is 14.2 Å². The molecule has 26 heavy (non-hydrogen) atoms. The number of esters is 2. The van der Waals surface area contributed by atoms with Crippen LogP contribution in [0, 0.1) is 0 Å². The minimum absolute atomic E-state index is 0.146. The van der Waals surface area contributed by atoms with Crippen LogP contribution in [0.5, 0.6) is 0 Å². The molecule has 2 rings (SSSR count). The van der Waals surface area contributed by atoms with Crippen LogP contribution in [0.4, 0.5) is 0 Å². The maximum Gasteiger partial charge on any atom is 0.303 e. The number of unbranched alkanes of at least 4 members (excludes halogenated alkanes) is 3. The van der Waals surface area contributed by atoms with Crippen molar-refractivity contribution in [2.45, 2.75) is 96.9 Å². The van der Waals surface area contributed by atoms with Gasteiger partial charge in [-0.15, -0.1) is 0 Å². The molecule has 146 valence electrons. The number of carbonyl (C=O) groups is 3. The SMILES string of the molecule is CCCCCC[C@H](OC(C)=O)[C@@H]1CCC2=C(CCC(OC(C)=O)C2=O)O1. The lowest BCUT2D eigenvalue weighted by atomic mass is 9.86. The molecule has 1 aliphatic carbocycles. The minimum Gasteiger partial charge on any atom is -0.490 e. The lowest BCUT2D eigenvalue weighted by Crippen LogP contribution is -2.40. The molecule has 0 aromatic heterocycles. The molecule has 0 amide bonds. The van der Waals surface area contributed by atoms with Gasteiger partial charge in [0, 0.05) is 25.8 Å². The van der Waals surface area contributed by atoms with Crippen LogP contribution in [0.25, 0.3) is 0 Å². The van der Waals surface area contributed by atoms with E-state index in [9.17, 15) is 14.4 Å². The fourth-order valence-electron chi connectivity index (χ4n) is 3.68. The summed E-state index contributed by atoms with van der Waals surface area (Å²) in [7, 11) is 0. The van der Waals surface area contributed by atoms with E-state index in [4.69, 9.17) is 14.2 Å². The zero-order valence-electron chi connectivity index (χ0n) is 16.0. The van der Waals surface area contributed by atoms with Crippen molar-refractivity contribution in [2.75, 3.05) is 0 Å². The van der Waals surface area contributed by atoms with Crippen LogP contribution in [-0.4, -0.2) is 36.0 Å². The molecule has 1 aliphatic heterocycles. The number of ketones is 1. The Kier molecular flexibility index (Phi) is 7.66. The smallest absolute Gasteiger partial charge is 0.303 e. The molecule has 0 fully saturated rings. The largest absolute Gasteiger partial charge is 0.490 e. The van der Waals surface area contributed by atoms with Crippen LogP contribution in [0.3, 0.4) is 0 Å². The molecule has 0 bridgehead atoms. The van der Waals surface area contributed by atoms with Crippen LogP contribution >= 0.6 is 0 Å². The third-order valence-corrected chi connectivity index (χ3v) is 4.91. The summed E-state index contributed by atoms with van der Waals surface area (Å²) in [6, 6.07) is 0. The van der Waals surface area contributed by atoms with E-state index < -0.39 is 12.1 Å². The van der Waals surface area contributed by atoms with Gasteiger partial charge in [0.2, 0.25) is 5.78 Å². The summed E-state index contributed by atoms with van der Waals surface area (Å²) in [6.45, 7) is 4.89.